The fourth-order valence-corrected chi connectivity index (χ4v) is 3.59. The summed E-state index contributed by atoms with van der Waals surface area (Å²) in [6, 6.07) is 11.7. The summed E-state index contributed by atoms with van der Waals surface area (Å²) in [6.07, 6.45) is 5.97. The van der Waals surface area contributed by atoms with E-state index in [-0.39, 0.29) is 23.8 Å². The lowest BCUT2D eigenvalue weighted by atomic mass is 10.0. The molecule has 1 fully saturated rings. The van der Waals surface area contributed by atoms with Gasteiger partial charge < -0.3 is 10.2 Å². The molecular formula is C21H25N3O2. The summed E-state index contributed by atoms with van der Waals surface area (Å²) in [4.78, 5) is 30.6. The van der Waals surface area contributed by atoms with Crippen molar-refractivity contribution < 1.29 is 9.59 Å². The Hall–Kier alpha value is -2.69. The Morgan fingerprint density at radius 3 is 2.38 bits per heavy atom. The second-order valence-electron chi connectivity index (χ2n) is 6.79. The molecule has 1 aromatic carbocycles. The Bertz CT molecular complexity index is 759. The zero-order valence-electron chi connectivity index (χ0n) is 15.3. The number of amides is 2. The molecule has 5 heteroatoms. The highest BCUT2D eigenvalue weighted by molar-refractivity contribution is 5.95. The van der Waals surface area contributed by atoms with Gasteiger partial charge in [-0.15, -0.1) is 0 Å². The minimum atomic E-state index is 0.00725. The molecule has 136 valence electrons. The van der Waals surface area contributed by atoms with Crippen molar-refractivity contribution in [3.63, 3.8) is 0 Å². The number of pyridine rings is 1. The number of benzene rings is 1. The summed E-state index contributed by atoms with van der Waals surface area (Å²) < 4.78 is 0. The van der Waals surface area contributed by atoms with E-state index in [9.17, 15) is 9.59 Å². The van der Waals surface area contributed by atoms with Crippen LogP contribution in [0.4, 0.5) is 0 Å². The first-order chi connectivity index (χ1) is 12.6. The van der Waals surface area contributed by atoms with Gasteiger partial charge >= 0.3 is 0 Å². The minimum absolute atomic E-state index is 0.00725. The van der Waals surface area contributed by atoms with Gasteiger partial charge in [0.2, 0.25) is 5.91 Å². The minimum Gasteiger partial charge on any atom is -0.356 e. The average molecular weight is 351 g/mol. The van der Waals surface area contributed by atoms with Crippen molar-refractivity contribution in [2.45, 2.75) is 32.2 Å². The third-order valence-electron chi connectivity index (χ3n) is 5.14. The molecule has 2 atom stereocenters. The summed E-state index contributed by atoms with van der Waals surface area (Å²) in [7, 11) is 1.84. The molecule has 0 radical (unpaired) electrons. The Kier molecular flexibility index (Phi) is 5.66. The highest BCUT2D eigenvalue weighted by atomic mass is 16.2. The van der Waals surface area contributed by atoms with Crippen LogP contribution in [0.1, 0.15) is 36.5 Å². The normalized spacial score (nSPS) is 19.2. The van der Waals surface area contributed by atoms with Gasteiger partial charge in [-0.05, 0) is 61.6 Å². The predicted octanol–water partition coefficient (Wildman–Crippen LogP) is 3.13. The largest absolute Gasteiger partial charge is 0.356 e. The number of carbonyl (C=O) groups excluding carboxylic acids is 2. The molecule has 5 nitrogen and oxygen atoms in total. The van der Waals surface area contributed by atoms with E-state index in [1.165, 1.54) is 0 Å². The van der Waals surface area contributed by atoms with Crippen molar-refractivity contribution in [1.29, 1.82) is 0 Å². The van der Waals surface area contributed by atoms with Gasteiger partial charge in [0, 0.05) is 43.5 Å². The fourth-order valence-electron chi connectivity index (χ4n) is 3.59. The van der Waals surface area contributed by atoms with Crippen LogP contribution in [0.5, 0.6) is 0 Å². The number of hydrogen-bond donors (Lipinski definition) is 1. The highest BCUT2D eigenvalue weighted by Gasteiger charge is 2.33. The molecule has 0 bridgehead atoms. The van der Waals surface area contributed by atoms with Crippen LogP contribution in [0.15, 0.2) is 48.8 Å². The van der Waals surface area contributed by atoms with Crippen molar-refractivity contribution in [1.82, 2.24) is 15.2 Å². The number of rotatable bonds is 5. The topological polar surface area (TPSA) is 62.3 Å². The van der Waals surface area contributed by atoms with Crippen LogP contribution < -0.4 is 5.32 Å². The molecule has 0 unspecified atom stereocenters. The van der Waals surface area contributed by atoms with E-state index in [0.29, 0.717) is 12.1 Å². The zero-order valence-corrected chi connectivity index (χ0v) is 15.3. The van der Waals surface area contributed by atoms with E-state index < -0.39 is 0 Å². The molecule has 1 aliphatic carbocycles. The number of hydrogen-bond acceptors (Lipinski definition) is 3. The van der Waals surface area contributed by atoms with Crippen LogP contribution in [0, 0.1) is 5.92 Å². The monoisotopic (exact) mass is 351 g/mol. The van der Waals surface area contributed by atoms with E-state index in [2.05, 4.69) is 10.3 Å². The summed E-state index contributed by atoms with van der Waals surface area (Å²) >= 11 is 0. The van der Waals surface area contributed by atoms with Gasteiger partial charge in [0.25, 0.3) is 5.91 Å². The summed E-state index contributed by atoms with van der Waals surface area (Å²) in [5, 5.41) is 2.88. The lowest BCUT2D eigenvalue weighted by Gasteiger charge is -2.25. The molecule has 1 aliphatic rings. The van der Waals surface area contributed by atoms with Gasteiger partial charge in [0.15, 0.2) is 0 Å². The summed E-state index contributed by atoms with van der Waals surface area (Å²) in [5.41, 5.74) is 2.81. The van der Waals surface area contributed by atoms with E-state index in [1.54, 1.807) is 17.3 Å². The van der Waals surface area contributed by atoms with Crippen molar-refractivity contribution in [2.75, 3.05) is 13.6 Å². The van der Waals surface area contributed by atoms with Crippen molar-refractivity contribution in [2.24, 2.45) is 5.92 Å². The summed E-state index contributed by atoms with van der Waals surface area (Å²) in [6.45, 7) is 2.58. The average Bonchev–Trinajstić information content (AvgIpc) is 3.18. The molecule has 0 spiro atoms. The van der Waals surface area contributed by atoms with Gasteiger partial charge in [-0.3, -0.25) is 14.6 Å². The lowest BCUT2D eigenvalue weighted by Crippen LogP contribution is -2.36. The third kappa shape index (κ3) is 3.93. The van der Waals surface area contributed by atoms with Gasteiger partial charge in [-0.25, -0.2) is 0 Å². The second kappa shape index (κ2) is 8.13. The second-order valence-corrected chi connectivity index (χ2v) is 6.79. The van der Waals surface area contributed by atoms with Crippen LogP contribution in [0.2, 0.25) is 0 Å². The standard InChI is InChI=1S/C21H25N3O2/c1-3-23-20(25)18-8-9-19(14-18)24(2)21(26)17-6-4-15(5-7-17)16-10-12-22-13-11-16/h4-7,10-13,18-19H,3,8-9,14H2,1-2H3,(H,23,25)/t18-,19+/m0/s1. The fraction of sp³-hybridized carbons (Fsp3) is 0.381. The molecule has 1 N–H and O–H groups in total. The SMILES string of the molecule is CCNC(=O)[C@H]1CC[C@@H](N(C)C(=O)c2ccc(-c3ccncc3)cc2)C1. The van der Waals surface area contributed by atoms with E-state index in [4.69, 9.17) is 0 Å². The van der Waals surface area contributed by atoms with Gasteiger partial charge in [-0.1, -0.05) is 12.1 Å². The zero-order chi connectivity index (χ0) is 18.5. The van der Waals surface area contributed by atoms with Crippen LogP contribution in [0.25, 0.3) is 11.1 Å². The van der Waals surface area contributed by atoms with Crippen molar-refractivity contribution in [3.05, 3.63) is 54.4 Å². The van der Waals surface area contributed by atoms with Crippen LogP contribution in [0.3, 0.4) is 0 Å². The van der Waals surface area contributed by atoms with Gasteiger partial charge in [0.1, 0.15) is 0 Å². The van der Waals surface area contributed by atoms with E-state index >= 15 is 0 Å². The maximum Gasteiger partial charge on any atom is 0.253 e. The number of nitrogens with zero attached hydrogens (tertiary/aromatic N) is 2. The molecule has 0 saturated heterocycles. The first-order valence-electron chi connectivity index (χ1n) is 9.15. The molecule has 26 heavy (non-hydrogen) atoms. The number of aromatic nitrogens is 1. The van der Waals surface area contributed by atoms with Crippen LogP contribution >= 0.6 is 0 Å². The van der Waals surface area contributed by atoms with E-state index in [0.717, 1.165) is 30.4 Å². The highest BCUT2D eigenvalue weighted by Crippen LogP contribution is 2.30. The first kappa shape index (κ1) is 18.1. The molecule has 2 aromatic rings. The van der Waals surface area contributed by atoms with Crippen molar-refractivity contribution in [3.8, 4) is 11.1 Å². The molecule has 3 rings (SSSR count). The molecular weight excluding hydrogens is 326 g/mol. The predicted molar refractivity (Wildman–Crippen MR) is 102 cm³/mol. The Morgan fingerprint density at radius 1 is 1.08 bits per heavy atom. The van der Waals surface area contributed by atoms with E-state index in [1.807, 2.05) is 50.4 Å². The lowest BCUT2D eigenvalue weighted by molar-refractivity contribution is -0.124. The molecule has 1 saturated carbocycles. The summed E-state index contributed by atoms with van der Waals surface area (Å²) in [5.74, 6) is 0.134. The van der Waals surface area contributed by atoms with Crippen LogP contribution in [-0.2, 0) is 4.79 Å². The Labute approximate surface area is 154 Å². The Morgan fingerprint density at radius 2 is 1.73 bits per heavy atom. The van der Waals surface area contributed by atoms with Crippen LogP contribution in [-0.4, -0.2) is 41.3 Å². The molecule has 1 aromatic heterocycles. The molecule has 0 aliphatic heterocycles. The molecule has 2 amide bonds. The third-order valence-corrected chi connectivity index (χ3v) is 5.14. The number of carbonyl (C=O) groups is 2. The first-order valence-corrected chi connectivity index (χ1v) is 9.15. The van der Waals surface area contributed by atoms with Crippen molar-refractivity contribution >= 4 is 11.8 Å². The maximum absolute atomic E-state index is 12.8. The molecule has 1 heterocycles. The quantitative estimate of drug-likeness (QED) is 0.900. The van der Waals surface area contributed by atoms with Gasteiger partial charge in [0.05, 0.1) is 0 Å². The maximum atomic E-state index is 12.8. The number of nitrogens with one attached hydrogen (secondary N) is 1. The van der Waals surface area contributed by atoms with Gasteiger partial charge in [-0.2, -0.15) is 0 Å². The smallest absolute Gasteiger partial charge is 0.253 e. The Balaban J connectivity index is 1.65.